The fraction of sp³-hybridized carbons (Fsp3) is 0.755. The highest BCUT2D eigenvalue weighted by atomic mass is 31.2. The average Bonchev–Trinajstić information content (AvgIpc) is 3.30. The molecular weight excluding hydrogens is 906 g/mol. The number of carbonyl (C=O) groups is 5. The minimum atomic E-state index is -2.79. The van der Waals surface area contributed by atoms with E-state index in [1.165, 1.54) is 12.0 Å². The second-order valence-electron chi connectivity index (χ2n) is 20.9. The summed E-state index contributed by atoms with van der Waals surface area (Å²) in [4.78, 5) is 72.2. The van der Waals surface area contributed by atoms with Crippen molar-refractivity contribution in [1.82, 2.24) is 4.90 Å². The van der Waals surface area contributed by atoms with E-state index in [1.54, 1.807) is 54.4 Å². The number of allylic oxidation sites excluding steroid dienone is 6. The van der Waals surface area contributed by atoms with E-state index < -0.39 is 85.1 Å². The fourth-order valence-electron chi connectivity index (χ4n) is 10.5. The standard InChI is InChI=1S/C53H84NO14P/c1-32-18-14-13-15-19-33(2)44(63-8)30-40-23-21-38(7)53(61,67-40)50(58)51(59)54-25-17-16-20-41(54)52(60)66-45(35(4)28-39-22-24-43(46(29-39)64-9)68-69(11,12)62)31-42(55)34(3)27-37(6)48(57)49(65-10)47(56)36(5)26-32/h13-15,18-19,27,32,34-36,38-41,43-46,48-49,57,61H,16-17,20-26,28-31H2,1-12H3/b15-13+,18-14+,33-19-,37-27+/t32-,34-,35-,36-,38-,39?,40+,41+,43?,44+,45+,46?,48-,49+,53-/m1/s1. The monoisotopic (exact) mass is 990 g/mol. The van der Waals surface area contributed by atoms with Gasteiger partial charge in [-0.3, -0.25) is 23.7 Å². The van der Waals surface area contributed by atoms with Crippen molar-refractivity contribution >= 4 is 36.6 Å². The molecule has 2 saturated heterocycles. The van der Waals surface area contributed by atoms with E-state index in [9.17, 15) is 38.8 Å². The molecule has 4 aliphatic rings. The van der Waals surface area contributed by atoms with Crippen LogP contribution in [0.4, 0.5) is 0 Å². The Balaban J connectivity index is 1.70. The lowest BCUT2D eigenvalue weighted by molar-refractivity contribution is -0.265. The molecule has 0 spiro atoms. The molecule has 3 aliphatic heterocycles. The lowest BCUT2D eigenvalue weighted by Gasteiger charge is -2.42. The lowest BCUT2D eigenvalue weighted by atomic mass is 9.78. The molecule has 3 heterocycles. The van der Waals surface area contributed by atoms with Gasteiger partial charge in [0.1, 0.15) is 30.1 Å². The van der Waals surface area contributed by atoms with Crippen molar-refractivity contribution in [2.45, 2.75) is 180 Å². The third kappa shape index (κ3) is 16.2. The predicted molar refractivity (Wildman–Crippen MR) is 263 cm³/mol. The average molecular weight is 990 g/mol. The molecule has 3 unspecified atom stereocenters. The maximum atomic E-state index is 14.5. The topological polar surface area (TPSA) is 202 Å². The third-order valence-corrected chi connectivity index (χ3v) is 15.6. The Morgan fingerprint density at radius 1 is 0.855 bits per heavy atom. The van der Waals surface area contributed by atoms with Crippen LogP contribution >= 0.6 is 7.37 Å². The first-order valence-electron chi connectivity index (χ1n) is 25.2. The number of aliphatic hydroxyl groups is 2. The first kappa shape index (κ1) is 58.4. The van der Waals surface area contributed by atoms with Crippen LogP contribution in [-0.4, -0.2) is 140 Å². The number of Topliss-reactive ketones (excluding diaryl/α,β-unsaturated/α-hetero) is 3. The zero-order valence-electron chi connectivity index (χ0n) is 43.4. The van der Waals surface area contributed by atoms with Gasteiger partial charge in [0.25, 0.3) is 11.7 Å². The number of piperidine rings is 1. The molecule has 4 rings (SSSR count). The van der Waals surface area contributed by atoms with Crippen molar-refractivity contribution in [3.8, 4) is 0 Å². The predicted octanol–water partition coefficient (Wildman–Crippen LogP) is 7.74. The van der Waals surface area contributed by atoms with Crippen LogP contribution in [0.1, 0.15) is 126 Å². The highest BCUT2D eigenvalue weighted by molar-refractivity contribution is 7.57. The first-order chi connectivity index (χ1) is 32.4. The summed E-state index contributed by atoms with van der Waals surface area (Å²) in [6.45, 7) is 15.9. The SMILES string of the molecule is COC1CC(C[C@@H](C)[C@@H]2CC(=O)[C@H](C)/C=C(\C)[C@@H](O)[C@@H](OC)C(=O)[C@H](C)C[C@H](C)/C=C/C=C/C=C(/C)[C@@H](OC)C[C@@H]3CC[C@@H](C)[C@@](O)(O3)C(=O)C(=O)N3CCCC[C@H]3C(=O)O2)CCC1OP(C)(C)=O. The van der Waals surface area contributed by atoms with Crippen LogP contribution in [0, 0.1) is 35.5 Å². The number of carbonyl (C=O) groups excluding carboxylic acids is 5. The van der Waals surface area contributed by atoms with Crippen molar-refractivity contribution in [3.05, 3.63) is 47.6 Å². The van der Waals surface area contributed by atoms with Crippen LogP contribution in [-0.2, 0) is 56.7 Å². The summed E-state index contributed by atoms with van der Waals surface area (Å²) in [5.74, 6) is -8.11. The van der Waals surface area contributed by atoms with Crippen LogP contribution in [0.25, 0.3) is 0 Å². The maximum absolute atomic E-state index is 14.5. The van der Waals surface area contributed by atoms with Gasteiger partial charge in [0.15, 0.2) is 13.2 Å². The van der Waals surface area contributed by atoms with Crippen LogP contribution < -0.4 is 0 Å². The van der Waals surface area contributed by atoms with Gasteiger partial charge in [-0.1, -0.05) is 71.1 Å². The molecule has 0 aromatic carbocycles. The Bertz CT molecular complexity index is 1940. The number of aliphatic hydroxyl groups excluding tert-OH is 1. The van der Waals surface area contributed by atoms with E-state index in [1.807, 2.05) is 58.1 Å². The van der Waals surface area contributed by atoms with Gasteiger partial charge < -0.3 is 43.3 Å². The molecule has 69 heavy (non-hydrogen) atoms. The summed E-state index contributed by atoms with van der Waals surface area (Å²) >= 11 is 0. The number of esters is 1. The van der Waals surface area contributed by atoms with E-state index in [2.05, 4.69) is 0 Å². The van der Waals surface area contributed by atoms with Crippen molar-refractivity contribution in [2.75, 3.05) is 41.2 Å². The van der Waals surface area contributed by atoms with Crippen molar-refractivity contribution < 1.29 is 67.0 Å². The van der Waals surface area contributed by atoms with Gasteiger partial charge in [-0.05, 0) is 107 Å². The Labute approximate surface area is 411 Å². The molecule has 0 aromatic heterocycles. The van der Waals surface area contributed by atoms with Crippen molar-refractivity contribution in [1.29, 1.82) is 0 Å². The molecular formula is C53H84NO14P. The number of ketones is 3. The van der Waals surface area contributed by atoms with Crippen LogP contribution in [0.3, 0.4) is 0 Å². The molecule has 2 bridgehead atoms. The van der Waals surface area contributed by atoms with Gasteiger partial charge in [-0.15, -0.1) is 0 Å². The number of cyclic esters (lactones) is 1. The van der Waals surface area contributed by atoms with E-state index >= 15 is 0 Å². The second-order valence-corrected chi connectivity index (χ2v) is 23.6. The highest BCUT2D eigenvalue weighted by Gasteiger charge is 2.53. The van der Waals surface area contributed by atoms with Crippen molar-refractivity contribution in [3.63, 3.8) is 0 Å². The summed E-state index contributed by atoms with van der Waals surface area (Å²) in [6.07, 6.45) is 11.4. The van der Waals surface area contributed by atoms with Gasteiger partial charge in [0, 0.05) is 71.8 Å². The zero-order chi connectivity index (χ0) is 51.4. The fourth-order valence-corrected chi connectivity index (χ4v) is 11.4. The normalized spacial score (nSPS) is 39.0. The van der Waals surface area contributed by atoms with Gasteiger partial charge in [-0.25, -0.2) is 4.79 Å². The van der Waals surface area contributed by atoms with Crippen LogP contribution in [0.5, 0.6) is 0 Å². The van der Waals surface area contributed by atoms with Gasteiger partial charge in [0.05, 0.1) is 24.4 Å². The first-order valence-corrected chi connectivity index (χ1v) is 27.7. The number of ether oxygens (including phenoxy) is 5. The molecule has 2 N–H and O–H groups in total. The van der Waals surface area contributed by atoms with E-state index in [-0.39, 0.29) is 60.9 Å². The Hall–Kier alpha value is -3.14. The quantitative estimate of drug-likeness (QED) is 0.104. The summed E-state index contributed by atoms with van der Waals surface area (Å²) in [5.41, 5.74) is 1.25. The summed E-state index contributed by atoms with van der Waals surface area (Å²) < 4.78 is 48.2. The van der Waals surface area contributed by atoms with Crippen molar-refractivity contribution in [2.24, 2.45) is 35.5 Å². The van der Waals surface area contributed by atoms with Gasteiger partial charge in [0.2, 0.25) is 5.79 Å². The Kier molecular flexibility index (Phi) is 22.5. The van der Waals surface area contributed by atoms with E-state index in [0.29, 0.717) is 63.4 Å². The molecule has 3 fully saturated rings. The minimum Gasteiger partial charge on any atom is -0.460 e. The van der Waals surface area contributed by atoms with Crippen LogP contribution in [0.2, 0.25) is 0 Å². The molecule has 15 atom stereocenters. The Morgan fingerprint density at radius 2 is 1.57 bits per heavy atom. The van der Waals surface area contributed by atoms with E-state index in [0.717, 1.165) is 12.0 Å². The molecule has 1 aliphatic carbocycles. The minimum absolute atomic E-state index is 0.0117. The number of nitrogens with zero attached hydrogens (tertiary/aromatic N) is 1. The molecule has 390 valence electrons. The number of fused-ring (bicyclic) bond motifs is 3. The summed E-state index contributed by atoms with van der Waals surface area (Å²) in [7, 11) is 1.76. The number of amides is 1. The number of rotatable bonds is 8. The largest absolute Gasteiger partial charge is 0.460 e. The third-order valence-electron chi connectivity index (χ3n) is 14.8. The summed E-state index contributed by atoms with van der Waals surface area (Å²) in [5, 5.41) is 23.5. The highest BCUT2D eigenvalue weighted by Crippen LogP contribution is 2.45. The number of hydrogen-bond donors (Lipinski definition) is 2. The molecule has 15 nitrogen and oxygen atoms in total. The molecule has 0 aromatic rings. The smallest absolute Gasteiger partial charge is 0.329 e. The van der Waals surface area contributed by atoms with E-state index in [4.69, 9.17) is 28.2 Å². The zero-order valence-corrected chi connectivity index (χ0v) is 44.3. The number of hydrogen-bond acceptors (Lipinski definition) is 14. The molecule has 1 saturated carbocycles. The molecule has 16 heteroatoms. The Morgan fingerprint density at radius 3 is 2.22 bits per heavy atom. The van der Waals surface area contributed by atoms with Gasteiger partial charge >= 0.3 is 5.97 Å². The second kappa shape index (κ2) is 26.5. The number of methoxy groups -OCH3 is 3. The summed E-state index contributed by atoms with van der Waals surface area (Å²) in [6, 6.07) is -1.16. The lowest BCUT2D eigenvalue weighted by Crippen LogP contribution is -2.61. The molecule has 0 radical (unpaired) electrons. The maximum Gasteiger partial charge on any atom is 0.329 e. The van der Waals surface area contributed by atoms with Gasteiger partial charge in [-0.2, -0.15) is 0 Å². The van der Waals surface area contributed by atoms with Crippen LogP contribution in [0.15, 0.2) is 47.6 Å². The molecule has 1 amide bonds.